The summed E-state index contributed by atoms with van der Waals surface area (Å²) < 4.78 is 16.2. The van der Waals surface area contributed by atoms with Crippen LogP contribution in [-0.2, 0) is 11.2 Å². The van der Waals surface area contributed by atoms with Gasteiger partial charge in [-0.05, 0) is 56.2 Å². The highest BCUT2D eigenvalue weighted by atomic mass is 16.5. The molecule has 0 bridgehead atoms. The fourth-order valence-corrected chi connectivity index (χ4v) is 4.80. The molecule has 1 aromatic rings. The molecule has 1 saturated carbocycles. The van der Waals surface area contributed by atoms with Crippen molar-refractivity contribution < 1.29 is 19.0 Å². The zero-order valence-corrected chi connectivity index (χ0v) is 16.4. The minimum absolute atomic E-state index is 0.278. The second kappa shape index (κ2) is 8.19. The van der Waals surface area contributed by atoms with E-state index in [2.05, 4.69) is 11.8 Å². The molecule has 2 aliphatic rings. The largest absolute Gasteiger partial charge is 0.493 e. The summed E-state index contributed by atoms with van der Waals surface area (Å²) in [7, 11) is 4.82. The lowest BCUT2D eigenvalue weighted by molar-refractivity contribution is -0.134. The van der Waals surface area contributed by atoms with Crippen LogP contribution in [-0.4, -0.2) is 44.2 Å². The molecule has 3 unspecified atom stereocenters. The fraction of sp³-hybridized carbons (Fsp3) is 0.667. The van der Waals surface area contributed by atoms with E-state index in [0.717, 1.165) is 5.56 Å². The van der Waals surface area contributed by atoms with E-state index in [4.69, 9.17) is 14.2 Å². The van der Waals surface area contributed by atoms with E-state index in [9.17, 15) is 4.79 Å². The van der Waals surface area contributed by atoms with Gasteiger partial charge in [-0.3, -0.25) is 4.79 Å². The molecule has 0 aromatic heterocycles. The number of likely N-dealkylation sites (tertiary alicyclic amines) is 1. The Morgan fingerprint density at radius 1 is 1.08 bits per heavy atom. The van der Waals surface area contributed by atoms with Gasteiger partial charge in [-0.2, -0.15) is 0 Å². The minimum atomic E-state index is 0.278. The Kier molecular flexibility index (Phi) is 5.94. The molecule has 0 spiro atoms. The normalized spacial score (nSPS) is 24.9. The molecular weight excluding hydrogens is 330 g/mol. The second-order valence-corrected chi connectivity index (χ2v) is 7.53. The summed E-state index contributed by atoms with van der Waals surface area (Å²) in [5.74, 6) is 2.85. The van der Waals surface area contributed by atoms with E-state index < -0.39 is 0 Å². The Morgan fingerprint density at radius 2 is 1.73 bits per heavy atom. The average Bonchev–Trinajstić information content (AvgIpc) is 3.00. The minimum Gasteiger partial charge on any atom is -0.493 e. The maximum atomic E-state index is 13.0. The molecule has 0 radical (unpaired) electrons. The maximum absolute atomic E-state index is 13.0. The number of amides is 1. The van der Waals surface area contributed by atoms with Gasteiger partial charge in [0.05, 0.1) is 21.3 Å². The lowest BCUT2D eigenvalue weighted by Gasteiger charge is -2.33. The van der Waals surface area contributed by atoms with Crippen LogP contribution in [0.25, 0.3) is 0 Å². The van der Waals surface area contributed by atoms with E-state index in [1.54, 1.807) is 21.3 Å². The highest BCUT2D eigenvalue weighted by Crippen LogP contribution is 2.41. The van der Waals surface area contributed by atoms with Crippen LogP contribution in [0.3, 0.4) is 0 Å². The SMILES string of the molecule is COc1cc(CCC(=O)N2C(C)CC3CCCCC32)cc(OC)c1OC. The Labute approximate surface area is 156 Å². The summed E-state index contributed by atoms with van der Waals surface area (Å²) in [5, 5.41) is 0. The first-order chi connectivity index (χ1) is 12.6. The van der Waals surface area contributed by atoms with Crippen molar-refractivity contribution in [3.05, 3.63) is 17.7 Å². The molecule has 1 aromatic carbocycles. The predicted molar refractivity (Wildman–Crippen MR) is 101 cm³/mol. The van der Waals surface area contributed by atoms with E-state index in [1.165, 1.54) is 32.1 Å². The molecular formula is C21H31NO4. The first kappa shape index (κ1) is 18.9. The Bertz CT molecular complexity index is 620. The first-order valence-corrected chi connectivity index (χ1v) is 9.69. The number of benzene rings is 1. The summed E-state index contributed by atoms with van der Waals surface area (Å²) in [6.45, 7) is 2.20. The average molecular weight is 361 g/mol. The van der Waals surface area contributed by atoms with Gasteiger partial charge in [-0.1, -0.05) is 12.8 Å². The Hall–Kier alpha value is -1.91. The van der Waals surface area contributed by atoms with Gasteiger partial charge in [0.1, 0.15) is 0 Å². The smallest absolute Gasteiger partial charge is 0.223 e. The number of nitrogens with zero attached hydrogens (tertiary/aromatic N) is 1. The number of fused-ring (bicyclic) bond motifs is 1. The molecule has 2 fully saturated rings. The summed E-state index contributed by atoms with van der Waals surface area (Å²) >= 11 is 0. The van der Waals surface area contributed by atoms with Gasteiger partial charge in [0.25, 0.3) is 0 Å². The number of ether oxygens (including phenoxy) is 3. The standard InChI is InChI=1S/C21H31NO4/c1-14-11-16-7-5-6-8-17(16)22(14)20(23)10-9-15-12-18(24-2)21(26-4)19(13-15)25-3/h12-14,16-17H,5-11H2,1-4H3. The molecule has 1 aliphatic heterocycles. The van der Waals surface area contributed by atoms with Gasteiger partial charge in [0, 0.05) is 18.5 Å². The topological polar surface area (TPSA) is 48.0 Å². The number of aryl methyl sites for hydroxylation is 1. The van der Waals surface area contributed by atoms with Gasteiger partial charge in [-0.25, -0.2) is 0 Å². The van der Waals surface area contributed by atoms with Crippen molar-refractivity contribution in [1.29, 1.82) is 0 Å². The van der Waals surface area contributed by atoms with Crippen molar-refractivity contribution >= 4 is 5.91 Å². The molecule has 1 aliphatic carbocycles. The number of carbonyl (C=O) groups excluding carboxylic acids is 1. The quantitative estimate of drug-likeness (QED) is 0.773. The van der Waals surface area contributed by atoms with Crippen molar-refractivity contribution in [2.24, 2.45) is 5.92 Å². The molecule has 5 nitrogen and oxygen atoms in total. The van der Waals surface area contributed by atoms with Crippen LogP contribution in [0.15, 0.2) is 12.1 Å². The number of carbonyl (C=O) groups is 1. The van der Waals surface area contributed by atoms with E-state index in [0.29, 0.717) is 48.1 Å². The number of rotatable bonds is 6. The third-order valence-electron chi connectivity index (χ3n) is 5.99. The molecule has 0 N–H and O–H groups in total. The second-order valence-electron chi connectivity index (χ2n) is 7.53. The van der Waals surface area contributed by atoms with Crippen LogP contribution in [0.4, 0.5) is 0 Å². The predicted octanol–water partition coefficient (Wildman–Crippen LogP) is 3.82. The zero-order valence-electron chi connectivity index (χ0n) is 16.4. The van der Waals surface area contributed by atoms with Crippen molar-refractivity contribution in [2.75, 3.05) is 21.3 Å². The molecule has 1 saturated heterocycles. The highest BCUT2D eigenvalue weighted by Gasteiger charge is 2.42. The van der Waals surface area contributed by atoms with Crippen molar-refractivity contribution in [1.82, 2.24) is 4.90 Å². The highest BCUT2D eigenvalue weighted by molar-refractivity contribution is 5.77. The van der Waals surface area contributed by atoms with Crippen LogP contribution in [0.2, 0.25) is 0 Å². The number of hydrogen-bond acceptors (Lipinski definition) is 4. The zero-order chi connectivity index (χ0) is 18.7. The summed E-state index contributed by atoms with van der Waals surface area (Å²) in [6, 6.07) is 4.71. The van der Waals surface area contributed by atoms with Crippen LogP contribution in [0.1, 0.15) is 51.0 Å². The summed E-state index contributed by atoms with van der Waals surface area (Å²) in [5.41, 5.74) is 1.03. The van der Waals surface area contributed by atoms with Crippen molar-refractivity contribution in [2.45, 2.75) is 64.0 Å². The molecule has 144 valence electrons. The fourth-order valence-electron chi connectivity index (χ4n) is 4.80. The van der Waals surface area contributed by atoms with Crippen LogP contribution in [0.5, 0.6) is 17.2 Å². The molecule has 26 heavy (non-hydrogen) atoms. The molecule has 1 heterocycles. The van der Waals surface area contributed by atoms with Gasteiger partial charge in [0.15, 0.2) is 11.5 Å². The molecule has 1 amide bonds. The van der Waals surface area contributed by atoms with Crippen LogP contribution >= 0.6 is 0 Å². The van der Waals surface area contributed by atoms with E-state index in [-0.39, 0.29) is 5.91 Å². The molecule has 3 rings (SSSR count). The molecule has 5 heteroatoms. The Morgan fingerprint density at radius 3 is 2.35 bits per heavy atom. The van der Waals surface area contributed by atoms with Gasteiger partial charge >= 0.3 is 0 Å². The van der Waals surface area contributed by atoms with Gasteiger partial charge in [-0.15, -0.1) is 0 Å². The lowest BCUT2D eigenvalue weighted by atomic mass is 9.85. The van der Waals surface area contributed by atoms with E-state index >= 15 is 0 Å². The number of hydrogen-bond donors (Lipinski definition) is 0. The molecule has 3 atom stereocenters. The third-order valence-corrected chi connectivity index (χ3v) is 5.99. The third kappa shape index (κ3) is 3.62. The summed E-state index contributed by atoms with van der Waals surface area (Å²) in [6.07, 6.45) is 7.39. The summed E-state index contributed by atoms with van der Waals surface area (Å²) in [4.78, 5) is 15.1. The number of methoxy groups -OCH3 is 3. The Balaban J connectivity index is 1.69. The maximum Gasteiger partial charge on any atom is 0.223 e. The lowest BCUT2D eigenvalue weighted by Crippen LogP contribution is -2.42. The first-order valence-electron chi connectivity index (χ1n) is 9.69. The van der Waals surface area contributed by atoms with Crippen molar-refractivity contribution in [3.63, 3.8) is 0 Å². The van der Waals surface area contributed by atoms with Gasteiger partial charge < -0.3 is 19.1 Å². The van der Waals surface area contributed by atoms with Crippen LogP contribution < -0.4 is 14.2 Å². The van der Waals surface area contributed by atoms with E-state index in [1.807, 2.05) is 12.1 Å². The van der Waals surface area contributed by atoms with Gasteiger partial charge in [0.2, 0.25) is 11.7 Å². The van der Waals surface area contributed by atoms with Crippen molar-refractivity contribution in [3.8, 4) is 17.2 Å². The monoisotopic (exact) mass is 361 g/mol. The van der Waals surface area contributed by atoms with Crippen LogP contribution in [0, 0.1) is 5.92 Å².